The van der Waals surface area contributed by atoms with Gasteiger partial charge in [0.2, 0.25) is 0 Å². The fourth-order valence-corrected chi connectivity index (χ4v) is 12.2. The maximum absolute atomic E-state index is 13.0. The van der Waals surface area contributed by atoms with Crippen LogP contribution in [-0.2, 0) is 65.4 Å². The highest BCUT2D eigenvalue weighted by molar-refractivity contribution is 7.47. The van der Waals surface area contributed by atoms with Crippen LogP contribution in [0, 0.1) is 23.7 Å². The lowest BCUT2D eigenvalue weighted by molar-refractivity contribution is -0.161. The van der Waals surface area contributed by atoms with Crippen LogP contribution >= 0.6 is 15.6 Å². The maximum Gasteiger partial charge on any atom is 0.472 e. The average molecular weight is 1330 g/mol. The zero-order valence-corrected chi connectivity index (χ0v) is 60.6. The van der Waals surface area contributed by atoms with E-state index >= 15 is 0 Å². The first-order valence-electron chi connectivity index (χ1n) is 36.7. The highest BCUT2D eigenvalue weighted by Crippen LogP contribution is 2.45. The third kappa shape index (κ3) is 64.8. The Morgan fingerprint density at radius 1 is 0.278 bits per heavy atom. The summed E-state index contributed by atoms with van der Waals surface area (Å²) in [6.45, 7) is 14.1. The first-order chi connectivity index (χ1) is 43.1. The van der Waals surface area contributed by atoms with E-state index in [2.05, 4.69) is 55.4 Å². The van der Waals surface area contributed by atoms with Crippen molar-refractivity contribution in [2.45, 2.75) is 369 Å². The Morgan fingerprint density at radius 3 is 0.689 bits per heavy atom. The number of phosphoric acid groups is 2. The van der Waals surface area contributed by atoms with Crippen molar-refractivity contribution in [3.8, 4) is 0 Å². The molecule has 5 atom stereocenters. The molecule has 0 saturated carbocycles. The molecule has 0 spiro atoms. The van der Waals surface area contributed by atoms with Gasteiger partial charge in [-0.1, -0.05) is 299 Å². The molecule has 0 aliphatic rings. The second kappa shape index (κ2) is 60.7. The minimum atomic E-state index is -4.95. The van der Waals surface area contributed by atoms with E-state index in [0.717, 1.165) is 114 Å². The van der Waals surface area contributed by atoms with E-state index in [1.165, 1.54) is 148 Å². The Bertz CT molecular complexity index is 1780. The number of carbonyl (C=O) groups excluding carboxylic acids is 4. The predicted octanol–water partition coefficient (Wildman–Crippen LogP) is 20.1. The van der Waals surface area contributed by atoms with Crippen LogP contribution in [0.25, 0.3) is 0 Å². The lowest BCUT2D eigenvalue weighted by Crippen LogP contribution is -2.30. The zero-order valence-electron chi connectivity index (χ0n) is 58.8. The van der Waals surface area contributed by atoms with Gasteiger partial charge in [-0.3, -0.25) is 37.3 Å². The highest BCUT2D eigenvalue weighted by Gasteiger charge is 2.30. The number of hydrogen-bond acceptors (Lipinski definition) is 15. The molecule has 0 bridgehead atoms. The molecule has 2 unspecified atom stereocenters. The van der Waals surface area contributed by atoms with Gasteiger partial charge in [0, 0.05) is 25.7 Å². The Labute approximate surface area is 549 Å². The van der Waals surface area contributed by atoms with E-state index in [-0.39, 0.29) is 25.7 Å². The van der Waals surface area contributed by atoms with Crippen LogP contribution in [0.2, 0.25) is 0 Å². The van der Waals surface area contributed by atoms with E-state index in [4.69, 9.17) is 37.0 Å². The van der Waals surface area contributed by atoms with Crippen molar-refractivity contribution in [2.75, 3.05) is 39.6 Å². The van der Waals surface area contributed by atoms with E-state index in [1.807, 2.05) is 0 Å². The molecule has 0 saturated heterocycles. The molecule has 3 N–H and O–H groups in total. The smallest absolute Gasteiger partial charge is 0.462 e. The number of esters is 4. The van der Waals surface area contributed by atoms with Gasteiger partial charge in [-0.25, -0.2) is 9.13 Å². The van der Waals surface area contributed by atoms with Crippen LogP contribution in [0.1, 0.15) is 351 Å². The maximum atomic E-state index is 13.0. The first-order valence-corrected chi connectivity index (χ1v) is 39.7. The summed E-state index contributed by atoms with van der Waals surface area (Å²) in [4.78, 5) is 72.6. The molecular formula is C71H138O17P2. The molecule has 0 fully saturated rings. The standard InChI is InChI=1S/C71H138O17P2/c1-61(2)47-39-31-23-17-12-10-9-11-13-20-27-37-45-53-70(75)87-66(57-81-68(73)51-43-35-26-22-16-19-25-33-41-49-63(5)6)59-85-89(77,78)83-55-65(72)56-84-90(79,80)86-60-67(58-82-69(74)52-44-36-30-29-34-42-50-64(7)8)88-71(76)54-46-38-28-21-15-14-18-24-32-40-48-62(3)4/h61-67,72H,9-60H2,1-8H3,(H,77,78)(H,79,80)/t65-,66-,67-/m1/s1. The monoisotopic (exact) mass is 1320 g/mol. The lowest BCUT2D eigenvalue weighted by atomic mass is 10.0. The van der Waals surface area contributed by atoms with E-state index in [1.54, 1.807) is 0 Å². The van der Waals surface area contributed by atoms with Crippen LogP contribution < -0.4 is 0 Å². The summed E-state index contributed by atoms with van der Waals surface area (Å²) >= 11 is 0. The van der Waals surface area contributed by atoms with Crippen molar-refractivity contribution in [1.82, 2.24) is 0 Å². The van der Waals surface area contributed by atoms with Gasteiger partial charge in [0.05, 0.1) is 26.4 Å². The van der Waals surface area contributed by atoms with E-state index in [9.17, 15) is 43.2 Å². The van der Waals surface area contributed by atoms with Crippen LogP contribution in [0.15, 0.2) is 0 Å². The average Bonchev–Trinajstić information content (AvgIpc) is 3.22. The number of hydrogen-bond donors (Lipinski definition) is 3. The van der Waals surface area contributed by atoms with E-state index in [0.29, 0.717) is 31.6 Å². The molecule has 0 heterocycles. The summed E-state index contributed by atoms with van der Waals surface area (Å²) in [7, 11) is -9.90. The van der Waals surface area contributed by atoms with Crippen molar-refractivity contribution in [2.24, 2.45) is 23.7 Å². The lowest BCUT2D eigenvalue weighted by Gasteiger charge is -2.21. The second-order valence-corrected chi connectivity index (χ2v) is 30.4. The fourth-order valence-electron chi connectivity index (χ4n) is 10.7. The van der Waals surface area contributed by atoms with Crippen LogP contribution in [-0.4, -0.2) is 96.7 Å². The molecule has 0 radical (unpaired) electrons. The Balaban J connectivity index is 5.25. The van der Waals surface area contributed by atoms with Crippen molar-refractivity contribution in [1.29, 1.82) is 0 Å². The molecule has 0 aliphatic carbocycles. The van der Waals surface area contributed by atoms with Crippen molar-refractivity contribution in [3.63, 3.8) is 0 Å². The summed E-state index contributed by atoms with van der Waals surface area (Å²) < 4.78 is 68.3. The Kier molecular flexibility index (Phi) is 59.4. The largest absolute Gasteiger partial charge is 0.472 e. The van der Waals surface area contributed by atoms with E-state index < -0.39 is 97.5 Å². The van der Waals surface area contributed by atoms with Crippen molar-refractivity contribution >= 4 is 39.5 Å². The van der Waals surface area contributed by atoms with Gasteiger partial charge in [0.15, 0.2) is 12.2 Å². The first kappa shape index (κ1) is 88.1. The third-order valence-electron chi connectivity index (χ3n) is 16.3. The zero-order chi connectivity index (χ0) is 66.8. The van der Waals surface area contributed by atoms with Gasteiger partial charge in [-0.05, 0) is 49.4 Å². The number of aliphatic hydroxyl groups excluding tert-OH is 1. The molecule has 17 nitrogen and oxygen atoms in total. The minimum absolute atomic E-state index is 0.104. The van der Waals surface area contributed by atoms with Gasteiger partial charge in [0.1, 0.15) is 19.3 Å². The molecule has 0 rings (SSSR count). The molecule has 90 heavy (non-hydrogen) atoms. The molecule has 534 valence electrons. The number of rotatable bonds is 68. The normalized spacial score (nSPS) is 14.3. The molecular weight excluding hydrogens is 1190 g/mol. The Hall–Kier alpha value is -1.94. The summed E-state index contributed by atoms with van der Waals surface area (Å²) in [5.74, 6) is 0.832. The molecule has 0 amide bonds. The van der Waals surface area contributed by atoms with Crippen LogP contribution in [0.3, 0.4) is 0 Å². The fraction of sp³-hybridized carbons (Fsp3) is 0.944. The molecule has 0 aliphatic heterocycles. The van der Waals surface area contributed by atoms with Crippen LogP contribution in [0.5, 0.6) is 0 Å². The molecule has 0 aromatic carbocycles. The SMILES string of the molecule is CC(C)CCCCCCCCCCCCCCCC(=O)O[C@H](COC(=O)CCCCCCCCCCCC(C)C)COP(=O)(O)OC[C@@H](O)COP(=O)(O)OC[C@@H](COC(=O)CCCCCCCCC(C)C)OC(=O)CCCCCCCCCCCCC(C)C. The second-order valence-electron chi connectivity index (χ2n) is 27.5. The summed E-state index contributed by atoms with van der Waals surface area (Å²) in [5.41, 5.74) is 0. The summed E-state index contributed by atoms with van der Waals surface area (Å²) in [6, 6.07) is 0. The summed E-state index contributed by atoms with van der Waals surface area (Å²) in [5, 5.41) is 10.6. The van der Waals surface area contributed by atoms with Crippen molar-refractivity contribution in [3.05, 3.63) is 0 Å². The van der Waals surface area contributed by atoms with Gasteiger partial charge >= 0.3 is 39.5 Å². The predicted molar refractivity (Wildman–Crippen MR) is 363 cm³/mol. The van der Waals surface area contributed by atoms with Gasteiger partial charge in [-0.2, -0.15) is 0 Å². The van der Waals surface area contributed by atoms with Gasteiger partial charge in [-0.15, -0.1) is 0 Å². The molecule has 0 aromatic rings. The molecule has 0 aromatic heterocycles. The van der Waals surface area contributed by atoms with Gasteiger partial charge < -0.3 is 33.8 Å². The van der Waals surface area contributed by atoms with Crippen LogP contribution in [0.4, 0.5) is 0 Å². The number of phosphoric ester groups is 2. The number of ether oxygens (including phenoxy) is 4. The minimum Gasteiger partial charge on any atom is -0.462 e. The summed E-state index contributed by atoms with van der Waals surface area (Å²) in [6.07, 6.45) is 43.2. The number of aliphatic hydroxyl groups is 1. The number of carbonyl (C=O) groups is 4. The quantitative estimate of drug-likeness (QED) is 0.0222. The third-order valence-corrected chi connectivity index (χ3v) is 18.2. The number of unbranched alkanes of at least 4 members (excludes halogenated alkanes) is 34. The molecule has 19 heteroatoms. The topological polar surface area (TPSA) is 237 Å². The highest BCUT2D eigenvalue weighted by atomic mass is 31.2. The Morgan fingerprint density at radius 2 is 0.467 bits per heavy atom. The van der Waals surface area contributed by atoms with Crippen molar-refractivity contribution < 1.29 is 80.2 Å². The van der Waals surface area contributed by atoms with Gasteiger partial charge in [0.25, 0.3) is 0 Å².